The lowest BCUT2D eigenvalue weighted by atomic mass is 10.1. The van der Waals surface area contributed by atoms with Gasteiger partial charge in [0.2, 0.25) is 0 Å². The molecule has 0 spiro atoms. The number of nitrogens with zero attached hydrogens (tertiary/aromatic N) is 2. The van der Waals surface area contributed by atoms with Crippen LogP contribution in [0.5, 0.6) is 5.75 Å². The molecule has 0 saturated carbocycles. The monoisotopic (exact) mass is 433 g/mol. The van der Waals surface area contributed by atoms with Crippen LogP contribution in [0.2, 0.25) is 0 Å². The van der Waals surface area contributed by atoms with Crippen LogP contribution in [0.4, 0.5) is 0 Å². The van der Waals surface area contributed by atoms with Crippen LogP contribution in [0.1, 0.15) is 42.6 Å². The summed E-state index contributed by atoms with van der Waals surface area (Å²) in [5.74, 6) is -0.154. The van der Waals surface area contributed by atoms with Gasteiger partial charge in [0.05, 0.1) is 12.7 Å². The third-order valence-electron chi connectivity index (χ3n) is 5.48. The van der Waals surface area contributed by atoms with Crippen molar-refractivity contribution in [3.8, 4) is 5.75 Å². The average Bonchev–Trinajstić information content (AvgIpc) is 3.19. The molecule has 1 aromatic heterocycles. The van der Waals surface area contributed by atoms with Gasteiger partial charge < -0.3 is 19.5 Å². The highest BCUT2D eigenvalue weighted by atomic mass is 16.5. The summed E-state index contributed by atoms with van der Waals surface area (Å²) >= 11 is 0. The Kier molecular flexibility index (Phi) is 7.71. The normalized spacial score (nSPS) is 11.4. The van der Waals surface area contributed by atoms with Crippen LogP contribution in [0.15, 0.2) is 60.4 Å². The molecule has 0 aliphatic rings. The van der Waals surface area contributed by atoms with Crippen molar-refractivity contribution in [1.82, 2.24) is 14.8 Å². The summed E-state index contributed by atoms with van der Waals surface area (Å²) in [6, 6.07) is 15.0. The number of aromatic nitrogens is 1. The summed E-state index contributed by atoms with van der Waals surface area (Å²) in [4.78, 5) is 28.0. The van der Waals surface area contributed by atoms with Crippen molar-refractivity contribution in [1.29, 1.82) is 0 Å². The Hall–Kier alpha value is -3.54. The Morgan fingerprint density at radius 1 is 1.09 bits per heavy atom. The molecule has 3 aromatic rings. The van der Waals surface area contributed by atoms with Crippen LogP contribution < -0.4 is 10.1 Å². The van der Waals surface area contributed by atoms with Crippen LogP contribution in [0, 0.1) is 0 Å². The molecule has 0 aliphatic carbocycles. The molecule has 6 heteroatoms. The van der Waals surface area contributed by atoms with E-state index in [4.69, 9.17) is 4.74 Å². The summed E-state index contributed by atoms with van der Waals surface area (Å²) in [7, 11) is 3.28. The van der Waals surface area contributed by atoms with Gasteiger partial charge in [-0.1, -0.05) is 43.7 Å². The third kappa shape index (κ3) is 5.02. The molecule has 0 atom stereocenters. The number of nitrogens with one attached hydrogen (secondary N) is 1. The second-order valence-electron chi connectivity index (χ2n) is 7.68. The minimum absolute atomic E-state index is 0.227. The highest BCUT2D eigenvalue weighted by molar-refractivity contribution is 6.07. The van der Waals surface area contributed by atoms with Crippen molar-refractivity contribution in [2.24, 2.45) is 0 Å². The fourth-order valence-electron chi connectivity index (χ4n) is 3.68. The number of benzene rings is 2. The first-order valence-electron chi connectivity index (χ1n) is 11.0. The number of rotatable bonds is 9. The smallest absolute Gasteiger partial charge is 0.270 e. The van der Waals surface area contributed by atoms with E-state index in [1.54, 1.807) is 42.3 Å². The molecule has 0 aliphatic heterocycles. The molecule has 3 rings (SSSR count). The number of unbranched alkanes of at least 4 members (excludes halogenated alkanes) is 1. The molecule has 6 nitrogen and oxygen atoms in total. The fraction of sp³-hybridized carbons (Fsp3) is 0.308. The summed E-state index contributed by atoms with van der Waals surface area (Å²) < 4.78 is 7.45. The fourth-order valence-corrected chi connectivity index (χ4v) is 3.68. The predicted molar refractivity (Wildman–Crippen MR) is 129 cm³/mol. The SMILES string of the molecule is CCCCN(C)C(=O)C(=Cc1cn(CC)c2ccccc12)NC(=O)c1ccccc1OC. The standard InChI is InChI=1S/C26H31N3O3/c1-5-7-16-28(3)26(31)22(27-25(30)21-13-9-11-15-24(21)32-4)17-19-18-29(6-2)23-14-10-8-12-20(19)23/h8-15,17-18H,5-7,16H2,1-4H3,(H,27,30). The number of aryl methyl sites for hydroxylation is 1. The minimum atomic E-state index is -0.384. The molecule has 168 valence electrons. The maximum absolute atomic E-state index is 13.3. The number of amides is 2. The van der Waals surface area contributed by atoms with Crippen molar-refractivity contribution in [3.05, 3.63) is 71.6 Å². The number of hydrogen-bond donors (Lipinski definition) is 1. The van der Waals surface area contributed by atoms with Gasteiger partial charge in [0, 0.05) is 42.8 Å². The van der Waals surface area contributed by atoms with E-state index in [2.05, 4.69) is 29.8 Å². The van der Waals surface area contributed by atoms with Crippen LogP contribution in [0.3, 0.4) is 0 Å². The molecule has 0 fully saturated rings. The number of carbonyl (C=O) groups excluding carboxylic acids is 2. The van der Waals surface area contributed by atoms with Gasteiger partial charge >= 0.3 is 0 Å². The van der Waals surface area contributed by atoms with E-state index in [9.17, 15) is 9.59 Å². The van der Waals surface area contributed by atoms with Gasteiger partial charge in [-0.25, -0.2) is 0 Å². The lowest BCUT2D eigenvalue weighted by molar-refractivity contribution is -0.126. The molecule has 1 heterocycles. The molecular weight excluding hydrogens is 402 g/mol. The third-order valence-corrected chi connectivity index (χ3v) is 5.48. The average molecular weight is 434 g/mol. The maximum Gasteiger partial charge on any atom is 0.270 e. The van der Waals surface area contributed by atoms with Crippen molar-refractivity contribution in [3.63, 3.8) is 0 Å². The van der Waals surface area contributed by atoms with E-state index < -0.39 is 0 Å². The van der Waals surface area contributed by atoms with E-state index in [1.165, 1.54) is 7.11 Å². The zero-order valence-electron chi connectivity index (χ0n) is 19.2. The van der Waals surface area contributed by atoms with Gasteiger partial charge in [0.25, 0.3) is 11.8 Å². The summed E-state index contributed by atoms with van der Waals surface area (Å²) in [6.45, 7) is 5.58. The van der Waals surface area contributed by atoms with E-state index in [0.29, 0.717) is 17.9 Å². The Bertz CT molecular complexity index is 1130. The van der Waals surface area contributed by atoms with Gasteiger partial charge in [0.15, 0.2) is 0 Å². The number of ether oxygens (including phenoxy) is 1. The Morgan fingerprint density at radius 3 is 2.53 bits per heavy atom. The van der Waals surface area contributed by atoms with Crippen LogP contribution in [0.25, 0.3) is 17.0 Å². The molecule has 0 radical (unpaired) electrons. The number of hydrogen-bond acceptors (Lipinski definition) is 3. The molecule has 1 N–H and O–H groups in total. The minimum Gasteiger partial charge on any atom is -0.496 e. The first kappa shape index (κ1) is 23.1. The zero-order chi connectivity index (χ0) is 23.1. The van der Waals surface area contributed by atoms with E-state index in [1.807, 2.05) is 24.4 Å². The number of likely N-dealkylation sites (N-methyl/N-ethyl adjacent to an activating group) is 1. The van der Waals surface area contributed by atoms with Crippen molar-refractivity contribution >= 4 is 28.8 Å². The molecule has 0 unspecified atom stereocenters. The Morgan fingerprint density at radius 2 is 1.81 bits per heavy atom. The highest BCUT2D eigenvalue weighted by Crippen LogP contribution is 2.24. The summed E-state index contributed by atoms with van der Waals surface area (Å²) in [5, 5.41) is 3.88. The highest BCUT2D eigenvalue weighted by Gasteiger charge is 2.20. The maximum atomic E-state index is 13.3. The molecule has 0 bridgehead atoms. The first-order chi connectivity index (χ1) is 15.5. The molecule has 2 amide bonds. The van der Waals surface area contributed by atoms with Crippen LogP contribution >= 0.6 is 0 Å². The summed E-state index contributed by atoms with van der Waals surface area (Å²) in [6.07, 6.45) is 5.66. The second-order valence-corrected chi connectivity index (χ2v) is 7.68. The topological polar surface area (TPSA) is 63.6 Å². The molecular formula is C26H31N3O3. The van der Waals surface area contributed by atoms with Crippen molar-refractivity contribution in [2.75, 3.05) is 20.7 Å². The molecule has 0 saturated heterocycles. The van der Waals surface area contributed by atoms with Gasteiger partial charge in [0.1, 0.15) is 11.4 Å². The van der Waals surface area contributed by atoms with Gasteiger partial charge in [-0.05, 0) is 37.6 Å². The van der Waals surface area contributed by atoms with Crippen LogP contribution in [-0.4, -0.2) is 42.0 Å². The lowest BCUT2D eigenvalue weighted by Crippen LogP contribution is -2.36. The van der Waals surface area contributed by atoms with Crippen LogP contribution in [-0.2, 0) is 11.3 Å². The largest absolute Gasteiger partial charge is 0.496 e. The first-order valence-corrected chi connectivity index (χ1v) is 11.0. The molecule has 32 heavy (non-hydrogen) atoms. The number of fused-ring (bicyclic) bond motifs is 1. The number of methoxy groups -OCH3 is 1. The Balaban J connectivity index is 2.03. The van der Waals surface area contributed by atoms with E-state index in [0.717, 1.165) is 35.9 Å². The van der Waals surface area contributed by atoms with Crippen molar-refractivity contribution in [2.45, 2.75) is 33.2 Å². The lowest BCUT2D eigenvalue weighted by Gasteiger charge is -2.19. The van der Waals surface area contributed by atoms with E-state index in [-0.39, 0.29) is 17.5 Å². The van der Waals surface area contributed by atoms with Gasteiger partial charge in [-0.15, -0.1) is 0 Å². The van der Waals surface area contributed by atoms with Gasteiger partial charge in [-0.3, -0.25) is 9.59 Å². The summed E-state index contributed by atoms with van der Waals surface area (Å²) in [5.41, 5.74) is 2.58. The van der Waals surface area contributed by atoms with Gasteiger partial charge in [-0.2, -0.15) is 0 Å². The number of para-hydroxylation sites is 2. The zero-order valence-corrected chi connectivity index (χ0v) is 19.2. The second kappa shape index (κ2) is 10.7. The molecule has 2 aromatic carbocycles. The van der Waals surface area contributed by atoms with Crippen molar-refractivity contribution < 1.29 is 14.3 Å². The number of carbonyl (C=O) groups is 2. The predicted octanol–water partition coefficient (Wildman–Crippen LogP) is 4.70. The Labute approximate surface area is 189 Å². The quantitative estimate of drug-likeness (QED) is 0.498. The van der Waals surface area contributed by atoms with E-state index >= 15 is 0 Å².